The molecule has 0 aliphatic rings. The van der Waals surface area contributed by atoms with Crippen LogP contribution in [0.3, 0.4) is 0 Å². The van der Waals surface area contributed by atoms with Crippen molar-refractivity contribution in [3.05, 3.63) is 67.7 Å². The van der Waals surface area contributed by atoms with Gasteiger partial charge in [-0.3, -0.25) is 19.6 Å². The number of carbonyl (C=O) groups excluding carboxylic acids is 1. The Morgan fingerprint density at radius 1 is 1.36 bits per heavy atom. The van der Waals surface area contributed by atoms with Crippen LogP contribution in [0.1, 0.15) is 27.4 Å². The number of aryl methyl sites for hydroxylation is 2. The molecule has 0 aliphatic heterocycles. The van der Waals surface area contributed by atoms with Crippen molar-refractivity contribution >= 4 is 28.1 Å². The van der Waals surface area contributed by atoms with Gasteiger partial charge in [-0.2, -0.15) is 5.10 Å². The summed E-state index contributed by atoms with van der Waals surface area (Å²) in [5, 5.41) is 18.2. The van der Waals surface area contributed by atoms with Crippen LogP contribution < -0.4 is 5.32 Å². The molecule has 1 aromatic carbocycles. The maximum absolute atomic E-state index is 13.7. The van der Waals surface area contributed by atoms with E-state index in [2.05, 4.69) is 15.4 Å². The van der Waals surface area contributed by atoms with Gasteiger partial charge in [0.2, 0.25) is 5.91 Å². The van der Waals surface area contributed by atoms with Gasteiger partial charge >= 0.3 is 5.69 Å². The first-order chi connectivity index (χ1) is 13.2. The maximum atomic E-state index is 13.7. The van der Waals surface area contributed by atoms with E-state index < -0.39 is 4.92 Å². The molecule has 10 heteroatoms. The van der Waals surface area contributed by atoms with E-state index in [0.717, 1.165) is 10.4 Å². The van der Waals surface area contributed by atoms with E-state index in [1.54, 1.807) is 26.1 Å². The fraction of sp³-hybridized carbons (Fsp3) is 0.278. The molecule has 0 saturated carbocycles. The Labute approximate surface area is 164 Å². The lowest BCUT2D eigenvalue weighted by molar-refractivity contribution is -0.386. The molecular formula is C18H18FN5O3S. The summed E-state index contributed by atoms with van der Waals surface area (Å²) in [6.07, 6.45) is 2.14. The summed E-state index contributed by atoms with van der Waals surface area (Å²) in [7, 11) is 0. The second kappa shape index (κ2) is 7.85. The number of carbonyl (C=O) groups is 1. The van der Waals surface area contributed by atoms with Gasteiger partial charge in [0.25, 0.3) is 0 Å². The lowest BCUT2D eigenvalue weighted by Gasteiger charge is -2.03. The third-order valence-electron chi connectivity index (χ3n) is 4.23. The van der Waals surface area contributed by atoms with Crippen molar-refractivity contribution in [2.24, 2.45) is 0 Å². The Hall–Kier alpha value is -3.14. The average Bonchev–Trinajstić information content (AvgIpc) is 3.15. The molecule has 0 saturated heterocycles. The van der Waals surface area contributed by atoms with E-state index in [1.165, 1.54) is 29.0 Å². The summed E-state index contributed by atoms with van der Waals surface area (Å²) >= 11 is 1.29. The molecule has 8 nitrogen and oxygen atoms in total. The largest absolute Gasteiger partial charge is 0.312 e. The molecule has 0 unspecified atom stereocenters. The highest BCUT2D eigenvalue weighted by molar-refractivity contribution is 7.15. The van der Waals surface area contributed by atoms with Gasteiger partial charge in [-0.15, -0.1) is 11.3 Å². The lowest BCUT2D eigenvalue weighted by Crippen LogP contribution is -2.20. The molecule has 2 heterocycles. The topological polar surface area (TPSA) is 103 Å². The Morgan fingerprint density at radius 2 is 2.11 bits per heavy atom. The van der Waals surface area contributed by atoms with Crippen LogP contribution in [0.5, 0.6) is 0 Å². The van der Waals surface area contributed by atoms with Gasteiger partial charge in [-0.1, -0.05) is 12.1 Å². The van der Waals surface area contributed by atoms with Crippen LogP contribution in [0.15, 0.2) is 24.4 Å². The van der Waals surface area contributed by atoms with Crippen LogP contribution in [0.2, 0.25) is 0 Å². The number of amides is 1. The molecule has 0 bridgehead atoms. The zero-order valence-electron chi connectivity index (χ0n) is 15.5. The zero-order chi connectivity index (χ0) is 20.4. The molecule has 28 heavy (non-hydrogen) atoms. The van der Waals surface area contributed by atoms with Gasteiger partial charge in [0.1, 0.15) is 23.7 Å². The highest BCUT2D eigenvalue weighted by atomic mass is 32.1. The Bertz CT molecular complexity index is 1060. The first kappa shape index (κ1) is 19.6. The Kier molecular flexibility index (Phi) is 5.50. The molecule has 1 N–H and O–H groups in total. The highest BCUT2D eigenvalue weighted by Crippen LogP contribution is 2.23. The van der Waals surface area contributed by atoms with Crippen LogP contribution in [-0.2, 0) is 17.8 Å². The van der Waals surface area contributed by atoms with Crippen molar-refractivity contribution in [1.29, 1.82) is 0 Å². The summed E-state index contributed by atoms with van der Waals surface area (Å²) in [6.45, 7) is 4.63. The fourth-order valence-corrected chi connectivity index (χ4v) is 3.66. The number of nitro groups is 1. The van der Waals surface area contributed by atoms with Crippen molar-refractivity contribution in [3.8, 4) is 0 Å². The summed E-state index contributed by atoms with van der Waals surface area (Å²) in [5.41, 5.74) is 1.90. The van der Waals surface area contributed by atoms with E-state index >= 15 is 0 Å². The van der Waals surface area contributed by atoms with Gasteiger partial charge in [0, 0.05) is 17.5 Å². The van der Waals surface area contributed by atoms with E-state index in [9.17, 15) is 19.3 Å². The molecule has 0 fully saturated rings. The number of hydrogen-bond donors (Lipinski definition) is 1. The molecule has 0 aliphatic carbocycles. The van der Waals surface area contributed by atoms with Crippen molar-refractivity contribution in [1.82, 2.24) is 14.8 Å². The van der Waals surface area contributed by atoms with Crippen molar-refractivity contribution in [2.45, 2.75) is 33.7 Å². The summed E-state index contributed by atoms with van der Waals surface area (Å²) < 4.78 is 15.0. The summed E-state index contributed by atoms with van der Waals surface area (Å²) in [5.74, 6) is -0.641. The van der Waals surface area contributed by atoms with Crippen LogP contribution in [0.25, 0.3) is 0 Å². The maximum Gasteiger partial charge on any atom is 0.312 e. The molecule has 3 rings (SSSR count). The molecule has 0 radical (unpaired) electrons. The Morgan fingerprint density at radius 3 is 2.75 bits per heavy atom. The highest BCUT2D eigenvalue weighted by Gasteiger charge is 2.23. The third-order valence-corrected chi connectivity index (χ3v) is 5.15. The van der Waals surface area contributed by atoms with E-state index in [0.29, 0.717) is 22.8 Å². The number of nitrogens with zero attached hydrogens (tertiary/aromatic N) is 4. The van der Waals surface area contributed by atoms with Crippen LogP contribution >= 0.6 is 11.3 Å². The van der Waals surface area contributed by atoms with Gasteiger partial charge in [0.15, 0.2) is 5.13 Å². The molecule has 146 valence electrons. The zero-order valence-corrected chi connectivity index (χ0v) is 16.3. The fourth-order valence-electron chi connectivity index (χ4n) is 2.79. The smallest absolute Gasteiger partial charge is 0.300 e. The number of nitrogens with one attached hydrogen (secondary N) is 1. The molecular weight excluding hydrogens is 385 g/mol. The van der Waals surface area contributed by atoms with Crippen molar-refractivity contribution in [3.63, 3.8) is 0 Å². The summed E-state index contributed by atoms with van der Waals surface area (Å²) in [6, 6.07) is 5.07. The minimum absolute atomic E-state index is 0.0883. The number of halogens is 1. The van der Waals surface area contributed by atoms with Gasteiger partial charge in [0.05, 0.1) is 4.92 Å². The van der Waals surface area contributed by atoms with Crippen molar-refractivity contribution < 1.29 is 14.1 Å². The number of benzene rings is 1. The monoisotopic (exact) mass is 403 g/mol. The quantitative estimate of drug-likeness (QED) is 0.501. The van der Waals surface area contributed by atoms with E-state index in [4.69, 9.17) is 0 Å². The second-order valence-electron chi connectivity index (χ2n) is 6.37. The van der Waals surface area contributed by atoms with Gasteiger partial charge < -0.3 is 5.32 Å². The lowest BCUT2D eigenvalue weighted by atomic mass is 10.1. The molecule has 2 aromatic heterocycles. The van der Waals surface area contributed by atoms with E-state index in [-0.39, 0.29) is 29.7 Å². The van der Waals surface area contributed by atoms with E-state index in [1.807, 2.05) is 6.07 Å². The van der Waals surface area contributed by atoms with Crippen LogP contribution in [0.4, 0.5) is 15.2 Å². The predicted octanol–water partition coefficient (Wildman–Crippen LogP) is 3.54. The SMILES string of the molecule is Cc1ccc(Cc2cnc(NC(=O)Cn3nc(C)c([N+](=O)[O-])c3C)s2)cc1F. The number of thiazole rings is 1. The number of hydrogen-bond acceptors (Lipinski definition) is 6. The first-order valence-electron chi connectivity index (χ1n) is 8.42. The average molecular weight is 403 g/mol. The third kappa shape index (κ3) is 4.22. The minimum Gasteiger partial charge on any atom is -0.300 e. The number of aromatic nitrogens is 3. The molecule has 0 spiro atoms. The predicted molar refractivity (Wildman–Crippen MR) is 103 cm³/mol. The summed E-state index contributed by atoms with van der Waals surface area (Å²) in [4.78, 5) is 27.8. The second-order valence-corrected chi connectivity index (χ2v) is 7.49. The molecule has 1 amide bonds. The van der Waals surface area contributed by atoms with Gasteiger partial charge in [-0.05, 0) is 38.0 Å². The van der Waals surface area contributed by atoms with Gasteiger partial charge in [-0.25, -0.2) is 9.37 Å². The van der Waals surface area contributed by atoms with Crippen molar-refractivity contribution in [2.75, 3.05) is 5.32 Å². The number of rotatable bonds is 6. The van der Waals surface area contributed by atoms with Crippen LogP contribution in [-0.4, -0.2) is 25.6 Å². The Balaban J connectivity index is 1.65. The standard InChI is InChI=1S/C18H18FN5O3S/c1-10-4-5-13(7-15(10)19)6-14-8-20-18(28-14)21-16(25)9-23-12(3)17(24(26)27)11(2)22-23/h4-5,7-8H,6,9H2,1-3H3,(H,20,21,25). The first-order valence-corrected chi connectivity index (χ1v) is 9.24. The normalized spacial score (nSPS) is 10.9. The minimum atomic E-state index is -0.507. The van der Waals surface area contributed by atoms with Crippen LogP contribution in [0, 0.1) is 36.7 Å². The molecule has 0 atom stereocenters. The molecule has 3 aromatic rings. The number of anilines is 1.